The van der Waals surface area contributed by atoms with Crippen molar-refractivity contribution in [2.24, 2.45) is 10.7 Å². The van der Waals surface area contributed by atoms with Crippen molar-refractivity contribution in [3.05, 3.63) is 76.6 Å². The van der Waals surface area contributed by atoms with Gasteiger partial charge in [0.2, 0.25) is 0 Å². The third-order valence-corrected chi connectivity index (χ3v) is 4.76. The van der Waals surface area contributed by atoms with Crippen molar-refractivity contribution in [3.63, 3.8) is 0 Å². The molecule has 0 radical (unpaired) electrons. The predicted molar refractivity (Wildman–Crippen MR) is 111 cm³/mol. The highest BCUT2D eigenvalue weighted by Gasteiger charge is 2.19. The number of hydrogen-bond donors (Lipinski definition) is 2. The minimum absolute atomic E-state index is 0.507. The van der Waals surface area contributed by atoms with E-state index in [0.717, 1.165) is 29.9 Å². The van der Waals surface area contributed by atoms with E-state index in [1.165, 1.54) is 29.1 Å². The van der Waals surface area contributed by atoms with Crippen LogP contribution in [0.4, 0.5) is 5.82 Å². The second-order valence-corrected chi connectivity index (χ2v) is 6.53. The lowest BCUT2D eigenvalue weighted by atomic mass is 9.96. The molecule has 6 nitrogen and oxygen atoms in total. The van der Waals surface area contributed by atoms with E-state index in [9.17, 15) is 0 Å². The topological polar surface area (TPSA) is 96.3 Å². The molecule has 142 valence electrons. The van der Waals surface area contributed by atoms with Gasteiger partial charge in [-0.3, -0.25) is 0 Å². The van der Waals surface area contributed by atoms with Gasteiger partial charge >= 0.3 is 0 Å². The van der Waals surface area contributed by atoms with Crippen molar-refractivity contribution in [3.8, 4) is 6.07 Å². The number of benzene rings is 1. The van der Waals surface area contributed by atoms with E-state index < -0.39 is 0 Å². The molecule has 2 aromatic rings. The van der Waals surface area contributed by atoms with E-state index in [1.807, 2.05) is 6.07 Å². The summed E-state index contributed by atoms with van der Waals surface area (Å²) in [5, 5.41) is 12.2. The highest BCUT2D eigenvalue weighted by atomic mass is 16.5. The van der Waals surface area contributed by atoms with Crippen molar-refractivity contribution >= 4 is 17.8 Å². The van der Waals surface area contributed by atoms with Crippen LogP contribution in [0.15, 0.2) is 53.8 Å². The Morgan fingerprint density at radius 2 is 2.29 bits per heavy atom. The van der Waals surface area contributed by atoms with E-state index in [1.54, 1.807) is 18.3 Å². The number of hydrogen-bond acceptors (Lipinski definition) is 6. The number of aromatic nitrogens is 1. The zero-order valence-corrected chi connectivity index (χ0v) is 15.9. The van der Waals surface area contributed by atoms with Crippen molar-refractivity contribution in [2.45, 2.75) is 20.0 Å². The lowest BCUT2D eigenvalue weighted by molar-refractivity contribution is 0.286. The molecule has 0 fully saturated rings. The fourth-order valence-corrected chi connectivity index (χ4v) is 3.04. The van der Waals surface area contributed by atoms with Gasteiger partial charge in [0.1, 0.15) is 18.4 Å². The molecular formula is C22H23N5O. The summed E-state index contributed by atoms with van der Waals surface area (Å²) >= 11 is 0. The largest absolute Gasteiger partial charge is 0.489 e. The maximum absolute atomic E-state index is 8.79. The van der Waals surface area contributed by atoms with Gasteiger partial charge in [-0.05, 0) is 54.9 Å². The zero-order chi connectivity index (χ0) is 19.9. The van der Waals surface area contributed by atoms with Gasteiger partial charge in [0.25, 0.3) is 0 Å². The maximum atomic E-state index is 8.79. The van der Waals surface area contributed by atoms with Crippen LogP contribution in [0.1, 0.15) is 27.8 Å². The quantitative estimate of drug-likeness (QED) is 0.574. The highest BCUT2D eigenvalue weighted by molar-refractivity contribution is 5.80. The van der Waals surface area contributed by atoms with Crippen LogP contribution in [0.25, 0.3) is 5.76 Å². The van der Waals surface area contributed by atoms with E-state index in [-0.39, 0.29) is 0 Å². The number of rotatable bonds is 7. The van der Waals surface area contributed by atoms with Crippen LogP contribution >= 0.6 is 0 Å². The first-order chi connectivity index (χ1) is 13.6. The molecule has 3 N–H and O–H groups in total. The Bertz CT molecular complexity index is 968. The lowest BCUT2D eigenvalue weighted by Gasteiger charge is -2.10. The summed E-state index contributed by atoms with van der Waals surface area (Å²) in [6, 6.07) is 9.65. The number of nitriles is 1. The Kier molecular flexibility index (Phi) is 6.20. The molecule has 0 unspecified atom stereocenters. The van der Waals surface area contributed by atoms with Crippen LogP contribution in [0.3, 0.4) is 0 Å². The Hall–Kier alpha value is -3.43. The number of aliphatic imine (C=N–C) groups is 1. The minimum Gasteiger partial charge on any atom is -0.489 e. The number of nitrogens with zero attached hydrogens (tertiary/aromatic N) is 3. The summed E-state index contributed by atoms with van der Waals surface area (Å²) in [7, 11) is 0. The first kappa shape index (κ1) is 19.3. The number of nitrogens with one attached hydrogen (secondary N) is 1. The number of fused-ring (bicyclic) bond motifs is 1. The molecule has 1 aliphatic rings. The third-order valence-electron chi connectivity index (χ3n) is 4.76. The monoisotopic (exact) mass is 373 g/mol. The molecule has 28 heavy (non-hydrogen) atoms. The maximum Gasteiger partial charge on any atom is 0.151 e. The van der Waals surface area contributed by atoms with Crippen molar-refractivity contribution in [1.82, 2.24) is 10.3 Å². The molecule has 0 bridgehead atoms. The molecule has 0 aliphatic carbocycles. The molecule has 0 saturated heterocycles. The van der Waals surface area contributed by atoms with E-state index in [2.05, 4.69) is 40.9 Å². The van der Waals surface area contributed by atoms with Crippen LogP contribution in [0.2, 0.25) is 0 Å². The predicted octanol–water partition coefficient (Wildman–Crippen LogP) is 3.14. The van der Waals surface area contributed by atoms with Crippen molar-refractivity contribution < 1.29 is 4.74 Å². The van der Waals surface area contributed by atoms with Gasteiger partial charge in [-0.15, -0.1) is 0 Å². The molecule has 1 aliphatic heterocycles. The third kappa shape index (κ3) is 4.45. The normalized spacial score (nSPS) is 13.4. The minimum atomic E-state index is 0.507. The van der Waals surface area contributed by atoms with Crippen LogP contribution in [-0.2, 0) is 17.8 Å². The summed E-state index contributed by atoms with van der Waals surface area (Å²) in [5.74, 6) is 1.30. The summed E-state index contributed by atoms with van der Waals surface area (Å²) in [4.78, 5) is 8.40. The smallest absolute Gasteiger partial charge is 0.151 e. The fourth-order valence-electron chi connectivity index (χ4n) is 3.04. The molecule has 0 atom stereocenters. The summed E-state index contributed by atoms with van der Waals surface area (Å²) in [6.45, 7) is 8.12. The van der Waals surface area contributed by atoms with Crippen LogP contribution in [0, 0.1) is 18.3 Å². The number of nitrogens with two attached hydrogens (primary N) is 1. The van der Waals surface area contributed by atoms with Gasteiger partial charge in [0.05, 0.1) is 5.56 Å². The lowest BCUT2D eigenvalue weighted by Crippen LogP contribution is -2.21. The van der Waals surface area contributed by atoms with Crippen molar-refractivity contribution in [1.29, 1.82) is 5.26 Å². The molecule has 0 amide bonds. The Labute approximate surface area is 165 Å². The number of ether oxygens (including phenoxy) is 1. The second kappa shape index (κ2) is 8.98. The number of pyridine rings is 1. The van der Waals surface area contributed by atoms with E-state index in [4.69, 9.17) is 15.7 Å². The Morgan fingerprint density at radius 1 is 1.43 bits per heavy atom. The molecule has 0 saturated carbocycles. The van der Waals surface area contributed by atoms with Crippen molar-refractivity contribution in [2.75, 3.05) is 13.1 Å². The van der Waals surface area contributed by atoms with Gasteiger partial charge in [0.15, 0.2) is 5.82 Å². The molecule has 1 aromatic heterocycles. The molecule has 0 spiro atoms. The molecular weight excluding hydrogens is 350 g/mol. The van der Waals surface area contributed by atoms with Crippen LogP contribution in [-0.4, -0.2) is 24.3 Å². The van der Waals surface area contributed by atoms with Gasteiger partial charge in [-0.2, -0.15) is 5.26 Å². The molecule has 3 rings (SSSR count). The van der Waals surface area contributed by atoms with Gasteiger partial charge in [-0.25, -0.2) is 9.98 Å². The summed E-state index contributed by atoms with van der Waals surface area (Å²) in [6.07, 6.45) is 5.63. The average Bonchev–Trinajstić information content (AvgIpc) is 3.11. The summed E-state index contributed by atoms with van der Waals surface area (Å²) < 4.78 is 5.54. The van der Waals surface area contributed by atoms with Crippen LogP contribution < -0.4 is 11.1 Å². The first-order valence-electron chi connectivity index (χ1n) is 9.07. The standard InChI is InChI=1S/C22H23N5O/c1-15-19(4-5-20-16(2)28-14-21(15)20)7-8-25-11-18(10-24)13-27-22-6-3-17(9-23)12-26-22/h3-6,10,12-13,25H,2,7-8,11,14,24H2,1H3. The molecule has 2 heterocycles. The summed E-state index contributed by atoms with van der Waals surface area (Å²) in [5.41, 5.74) is 12.0. The SMILES string of the molecule is C=C1OCc2c1ccc(CCNCC(C=Nc1ccc(C#N)cn1)=CN)c2C. The van der Waals surface area contributed by atoms with Gasteiger partial charge < -0.3 is 15.8 Å². The Morgan fingerprint density at radius 3 is 3.00 bits per heavy atom. The van der Waals surface area contributed by atoms with Gasteiger partial charge in [0, 0.05) is 30.1 Å². The highest BCUT2D eigenvalue weighted by Crippen LogP contribution is 2.32. The van der Waals surface area contributed by atoms with E-state index >= 15 is 0 Å². The first-order valence-corrected chi connectivity index (χ1v) is 9.07. The zero-order valence-electron chi connectivity index (χ0n) is 15.9. The fraction of sp³-hybridized carbons (Fsp3) is 0.227. The molecule has 6 heteroatoms. The molecule has 1 aromatic carbocycles. The Balaban J connectivity index is 1.51. The van der Waals surface area contributed by atoms with Gasteiger partial charge in [-0.1, -0.05) is 18.7 Å². The second-order valence-electron chi connectivity index (χ2n) is 6.53. The van der Waals surface area contributed by atoms with E-state index in [0.29, 0.717) is 24.5 Å². The average molecular weight is 373 g/mol. The van der Waals surface area contributed by atoms with Crippen LogP contribution in [0.5, 0.6) is 0 Å².